The number of hydrogen-bond acceptors (Lipinski definition) is 7. The molecule has 0 bridgehead atoms. The molecule has 0 spiro atoms. The molecule has 0 aliphatic carbocycles. The molecule has 0 saturated carbocycles. The lowest BCUT2D eigenvalue weighted by atomic mass is 10.1. The third kappa shape index (κ3) is 4.46. The summed E-state index contributed by atoms with van der Waals surface area (Å²) in [6.45, 7) is 1.98. The molecule has 10 heteroatoms. The highest BCUT2D eigenvalue weighted by Crippen LogP contribution is 2.29. The van der Waals surface area contributed by atoms with Crippen molar-refractivity contribution >= 4 is 29.0 Å². The van der Waals surface area contributed by atoms with E-state index >= 15 is 0 Å². The highest BCUT2D eigenvalue weighted by molar-refractivity contribution is 7.99. The molecule has 0 aliphatic heterocycles. The van der Waals surface area contributed by atoms with Crippen LogP contribution in [0.2, 0.25) is 0 Å². The van der Waals surface area contributed by atoms with Gasteiger partial charge in [0.25, 0.3) is 5.69 Å². The van der Waals surface area contributed by atoms with Crippen LogP contribution in [0.4, 0.5) is 11.4 Å². The molecule has 3 rings (SSSR count). The van der Waals surface area contributed by atoms with Crippen LogP contribution in [0.25, 0.3) is 11.4 Å². The molecule has 0 saturated heterocycles. The van der Waals surface area contributed by atoms with Crippen LogP contribution in [0.15, 0.2) is 47.6 Å². The number of hydrogen-bond donors (Lipinski definition) is 2. The first-order valence-electron chi connectivity index (χ1n) is 8.21. The summed E-state index contributed by atoms with van der Waals surface area (Å²) in [6, 6.07) is 11.8. The van der Waals surface area contributed by atoms with Gasteiger partial charge in [-0.05, 0) is 18.6 Å². The second kappa shape index (κ2) is 8.53. The minimum absolute atomic E-state index is 0.0746. The van der Waals surface area contributed by atoms with Crippen LogP contribution in [-0.4, -0.2) is 38.9 Å². The summed E-state index contributed by atoms with van der Waals surface area (Å²) in [5.41, 5.74) is 2.25. The van der Waals surface area contributed by atoms with Gasteiger partial charge in [-0.1, -0.05) is 36.0 Å². The third-order valence-corrected chi connectivity index (χ3v) is 4.71. The number of nitrogens with one attached hydrogen (secondary N) is 2. The zero-order valence-electron chi connectivity index (χ0n) is 15.1. The van der Waals surface area contributed by atoms with E-state index in [0.717, 1.165) is 11.1 Å². The molecule has 1 amide bonds. The molecule has 1 aromatic heterocycles. The van der Waals surface area contributed by atoms with Gasteiger partial charge in [0.1, 0.15) is 5.75 Å². The Bertz CT molecular complexity index is 1020. The summed E-state index contributed by atoms with van der Waals surface area (Å²) in [7, 11) is 1.38. The summed E-state index contributed by atoms with van der Waals surface area (Å²) >= 11 is 1.18. The monoisotopic (exact) mass is 399 g/mol. The Morgan fingerprint density at radius 1 is 1.32 bits per heavy atom. The third-order valence-electron chi connectivity index (χ3n) is 3.87. The molecule has 0 aliphatic rings. The maximum atomic E-state index is 12.2. The van der Waals surface area contributed by atoms with E-state index in [9.17, 15) is 14.9 Å². The second-order valence-corrected chi connectivity index (χ2v) is 6.70. The zero-order valence-corrected chi connectivity index (χ0v) is 15.9. The van der Waals surface area contributed by atoms with Crippen molar-refractivity contribution in [1.29, 1.82) is 0 Å². The lowest BCUT2D eigenvalue weighted by Crippen LogP contribution is -2.14. The van der Waals surface area contributed by atoms with Crippen molar-refractivity contribution in [2.24, 2.45) is 0 Å². The van der Waals surface area contributed by atoms with E-state index in [4.69, 9.17) is 4.74 Å². The Labute approximate surface area is 164 Å². The number of non-ortho nitro benzene ring substituents is 1. The maximum absolute atomic E-state index is 12.2. The van der Waals surface area contributed by atoms with Gasteiger partial charge in [0, 0.05) is 11.6 Å². The van der Waals surface area contributed by atoms with Crippen molar-refractivity contribution in [3.63, 3.8) is 0 Å². The smallest absolute Gasteiger partial charge is 0.273 e. The minimum Gasteiger partial charge on any atom is -0.494 e. The highest BCUT2D eigenvalue weighted by atomic mass is 32.2. The van der Waals surface area contributed by atoms with Gasteiger partial charge in [-0.15, -0.1) is 5.10 Å². The van der Waals surface area contributed by atoms with E-state index in [0.29, 0.717) is 16.7 Å². The Kier molecular flexibility index (Phi) is 5.90. The number of carbonyl (C=O) groups excluding carboxylic acids is 1. The summed E-state index contributed by atoms with van der Waals surface area (Å²) in [4.78, 5) is 26.9. The number of methoxy groups -OCH3 is 1. The lowest BCUT2D eigenvalue weighted by molar-refractivity contribution is -0.384. The molecule has 9 nitrogen and oxygen atoms in total. The van der Waals surface area contributed by atoms with Crippen molar-refractivity contribution in [1.82, 2.24) is 15.2 Å². The average Bonchev–Trinajstić information content (AvgIpc) is 3.15. The fraction of sp³-hybridized carbons (Fsp3) is 0.167. The van der Waals surface area contributed by atoms with Crippen molar-refractivity contribution in [2.75, 3.05) is 18.2 Å². The van der Waals surface area contributed by atoms with Crippen molar-refractivity contribution in [2.45, 2.75) is 12.1 Å². The number of nitro benzene ring substituents is 1. The number of thioether (sulfide) groups is 1. The molecule has 0 fully saturated rings. The van der Waals surface area contributed by atoms with E-state index in [1.165, 1.54) is 37.1 Å². The van der Waals surface area contributed by atoms with E-state index in [2.05, 4.69) is 20.5 Å². The Morgan fingerprint density at radius 2 is 2.11 bits per heavy atom. The summed E-state index contributed by atoms with van der Waals surface area (Å²) in [5.74, 6) is 0.621. The highest BCUT2D eigenvalue weighted by Gasteiger charge is 2.15. The number of carbonyl (C=O) groups is 1. The summed E-state index contributed by atoms with van der Waals surface area (Å²) < 4.78 is 5.11. The molecular weight excluding hydrogens is 382 g/mol. The van der Waals surface area contributed by atoms with Crippen LogP contribution in [0.3, 0.4) is 0 Å². The van der Waals surface area contributed by atoms with Crippen molar-refractivity contribution in [3.05, 3.63) is 58.1 Å². The van der Waals surface area contributed by atoms with Gasteiger partial charge >= 0.3 is 0 Å². The number of rotatable bonds is 7. The van der Waals surface area contributed by atoms with Crippen LogP contribution in [-0.2, 0) is 4.79 Å². The number of aryl methyl sites for hydroxylation is 1. The largest absolute Gasteiger partial charge is 0.494 e. The molecule has 28 heavy (non-hydrogen) atoms. The maximum Gasteiger partial charge on any atom is 0.273 e. The minimum atomic E-state index is -0.529. The lowest BCUT2D eigenvalue weighted by Gasteiger charge is -2.09. The van der Waals surface area contributed by atoms with E-state index < -0.39 is 4.92 Å². The van der Waals surface area contributed by atoms with Gasteiger partial charge in [-0.3, -0.25) is 20.0 Å². The standard InChI is InChI=1S/C18H17N5O4S/c1-11-5-3-4-6-13(11)17-20-18(22-21-17)28-10-16(24)19-14-8-7-12(23(25)26)9-15(14)27-2/h3-9H,10H2,1-2H3,(H,19,24)(H,20,21,22). The molecule has 0 atom stereocenters. The number of aromatic amines is 1. The van der Waals surface area contributed by atoms with Gasteiger partial charge < -0.3 is 10.1 Å². The number of anilines is 1. The summed E-state index contributed by atoms with van der Waals surface area (Å²) in [6.07, 6.45) is 0. The van der Waals surface area contributed by atoms with Crippen molar-refractivity contribution < 1.29 is 14.5 Å². The predicted molar refractivity (Wildman–Crippen MR) is 106 cm³/mol. The number of H-pyrrole nitrogens is 1. The van der Waals surface area contributed by atoms with Gasteiger partial charge in [0.2, 0.25) is 11.1 Å². The van der Waals surface area contributed by atoms with Crippen LogP contribution >= 0.6 is 11.8 Å². The molecule has 0 radical (unpaired) electrons. The van der Waals surface area contributed by atoms with Gasteiger partial charge in [0.05, 0.1) is 29.5 Å². The number of nitro groups is 1. The van der Waals surface area contributed by atoms with E-state index in [1.807, 2.05) is 31.2 Å². The molecule has 2 N–H and O–H groups in total. The average molecular weight is 399 g/mol. The second-order valence-electron chi connectivity index (χ2n) is 5.76. The predicted octanol–water partition coefficient (Wildman–Crippen LogP) is 3.43. The number of ether oxygens (including phenoxy) is 1. The first-order chi connectivity index (χ1) is 13.5. The van der Waals surface area contributed by atoms with Crippen LogP contribution in [0.1, 0.15) is 5.56 Å². The molecule has 2 aromatic carbocycles. The first kappa shape index (κ1) is 19.4. The molecule has 144 valence electrons. The van der Waals surface area contributed by atoms with Gasteiger partial charge in [0.15, 0.2) is 5.82 Å². The van der Waals surface area contributed by atoms with Crippen LogP contribution in [0, 0.1) is 17.0 Å². The number of nitrogens with zero attached hydrogens (tertiary/aromatic N) is 3. The Balaban J connectivity index is 1.62. The molecule has 3 aromatic rings. The number of amides is 1. The van der Waals surface area contributed by atoms with E-state index in [-0.39, 0.29) is 23.1 Å². The topological polar surface area (TPSA) is 123 Å². The van der Waals surface area contributed by atoms with Crippen LogP contribution in [0.5, 0.6) is 5.75 Å². The van der Waals surface area contributed by atoms with Gasteiger partial charge in [-0.2, -0.15) is 0 Å². The van der Waals surface area contributed by atoms with Crippen molar-refractivity contribution in [3.8, 4) is 17.1 Å². The molecular formula is C18H17N5O4S. The quantitative estimate of drug-likeness (QED) is 0.354. The Morgan fingerprint density at radius 3 is 2.82 bits per heavy atom. The SMILES string of the molecule is COc1cc([N+](=O)[O-])ccc1NC(=O)CSc1n[nH]c(-c2ccccc2C)n1. The molecule has 0 unspecified atom stereocenters. The van der Waals surface area contributed by atoms with Crippen LogP contribution < -0.4 is 10.1 Å². The molecule has 1 heterocycles. The van der Waals surface area contributed by atoms with E-state index in [1.54, 1.807) is 0 Å². The fourth-order valence-electron chi connectivity index (χ4n) is 2.48. The zero-order chi connectivity index (χ0) is 20.1. The normalized spacial score (nSPS) is 10.5. The van der Waals surface area contributed by atoms with Gasteiger partial charge in [-0.25, -0.2) is 4.98 Å². The Hall–Kier alpha value is -3.40. The first-order valence-corrected chi connectivity index (χ1v) is 9.20. The number of benzene rings is 2. The number of aromatic nitrogens is 3. The fourth-order valence-corrected chi connectivity index (χ4v) is 3.08. The summed E-state index contributed by atoms with van der Waals surface area (Å²) in [5, 5.41) is 20.9.